The zero-order valence-electron chi connectivity index (χ0n) is 10.1. The van der Waals surface area contributed by atoms with Crippen molar-refractivity contribution in [3.8, 4) is 0 Å². The van der Waals surface area contributed by atoms with E-state index in [4.69, 9.17) is 0 Å². The Morgan fingerprint density at radius 3 is 2.44 bits per heavy atom. The average Bonchev–Trinajstić information content (AvgIpc) is 2.27. The summed E-state index contributed by atoms with van der Waals surface area (Å²) in [5.41, 5.74) is 4.83. The fourth-order valence-electron chi connectivity index (χ4n) is 2.25. The Kier molecular flexibility index (Phi) is 3.93. The van der Waals surface area contributed by atoms with Gasteiger partial charge in [0.25, 0.3) is 0 Å². The molecule has 0 bridgehead atoms. The number of rotatable bonds is 3. The number of hydrogen-bond acceptors (Lipinski definition) is 3. The molecule has 88 valence electrons. The summed E-state index contributed by atoms with van der Waals surface area (Å²) in [6.45, 7) is 7.51. The van der Waals surface area contributed by atoms with Gasteiger partial charge in [-0.3, -0.25) is 5.43 Å². The molecular formula is C13H21N3. The lowest BCUT2D eigenvalue weighted by molar-refractivity contribution is 0.112. The van der Waals surface area contributed by atoms with E-state index in [-0.39, 0.29) is 0 Å². The summed E-state index contributed by atoms with van der Waals surface area (Å²) in [6, 6.07) is 11.7. The number of benzene rings is 1. The highest BCUT2D eigenvalue weighted by atomic mass is 15.5. The molecule has 2 N–H and O–H groups in total. The predicted octanol–water partition coefficient (Wildman–Crippen LogP) is 1.37. The zero-order chi connectivity index (χ0) is 11.4. The van der Waals surface area contributed by atoms with E-state index in [0.29, 0.717) is 12.1 Å². The highest BCUT2D eigenvalue weighted by Crippen LogP contribution is 2.03. The Morgan fingerprint density at radius 1 is 1.19 bits per heavy atom. The zero-order valence-corrected chi connectivity index (χ0v) is 10.1. The van der Waals surface area contributed by atoms with Crippen molar-refractivity contribution in [1.82, 2.24) is 15.8 Å². The normalized spacial score (nSPS) is 26.9. The van der Waals surface area contributed by atoms with Crippen LogP contribution >= 0.6 is 0 Å². The molecule has 2 atom stereocenters. The van der Waals surface area contributed by atoms with E-state index in [2.05, 4.69) is 59.9 Å². The molecular weight excluding hydrogens is 198 g/mol. The van der Waals surface area contributed by atoms with Crippen molar-refractivity contribution >= 4 is 0 Å². The van der Waals surface area contributed by atoms with Gasteiger partial charge in [0.15, 0.2) is 0 Å². The maximum atomic E-state index is 3.53. The van der Waals surface area contributed by atoms with Crippen molar-refractivity contribution < 1.29 is 0 Å². The molecule has 3 heteroatoms. The molecule has 0 aromatic heterocycles. The van der Waals surface area contributed by atoms with Gasteiger partial charge in [0.2, 0.25) is 0 Å². The van der Waals surface area contributed by atoms with Gasteiger partial charge < -0.3 is 5.32 Å². The van der Waals surface area contributed by atoms with Crippen LogP contribution in [-0.4, -0.2) is 30.2 Å². The minimum atomic E-state index is 0.562. The van der Waals surface area contributed by atoms with Gasteiger partial charge in [-0.2, -0.15) is 0 Å². The van der Waals surface area contributed by atoms with Gasteiger partial charge in [-0.15, -0.1) is 0 Å². The smallest absolute Gasteiger partial charge is 0.0353 e. The van der Waals surface area contributed by atoms with E-state index in [9.17, 15) is 0 Å². The van der Waals surface area contributed by atoms with Crippen LogP contribution in [0.1, 0.15) is 19.4 Å². The largest absolute Gasteiger partial charge is 0.309 e. The van der Waals surface area contributed by atoms with Crippen LogP contribution in [-0.2, 0) is 6.54 Å². The van der Waals surface area contributed by atoms with Gasteiger partial charge in [-0.05, 0) is 19.4 Å². The standard InChI is InChI=1S/C13H21N3/c1-11-9-16(10-12(2)15-11)14-8-13-6-4-3-5-7-13/h3-7,11-12,14-15H,8-10H2,1-2H3. The first-order valence-corrected chi connectivity index (χ1v) is 6.02. The van der Waals surface area contributed by atoms with E-state index in [0.717, 1.165) is 19.6 Å². The SMILES string of the molecule is CC1CN(NCc2ccccc2)CC(C)N1. The van der Waals surface area contributed by atoms with Crippen LogP contribution < -0.4 is 10.7 Å². The highest BCUT2D eigenvalue weighted by Gasteiger charge is 2.20. The van der Waals surface area contributed by atoms with E-state index in [1.54, 1.807) is 0 Å². The first-order chi connectivity index (χ1) is 7.74. The van der Waals surface area contributed by atoms with Gasteiger partial charge in [-0.25, -0.2) is 5.01 Å². The first kappa shape index (κ1) is 11.6. The van der Waals surface area contributed by atoms with Crippen molar-refractivity contribution in [1.29, 1.82) is 0 Å². The van der Waals surface area contributed by atoms with Crippen molar-refractivity contribution in [2.75, 3.05) is 13.1 Å². The van der Waals surface area contributed by atoms with Crippen LogP contribution in [0.4, 0.5) is 0 Å². The third-order valence-electron chi connectivity index (χ3n) is 2.91. The average molecular weight is 219 g/mol. The third kappa shape index (κ3) is 3.30. The lowest BCUT2D eigenvalue weighted by Crippen LogP contribution is -2.58. The number of hydrazine groups is 1. The monoisotopic (exact) mass is 219 g/mol. The molecule has 0 radical (unpaired) electrons. The van der Waals surface area contributed by atoms with Gasteiger partial charge >= 0.3 is 0 Å². The summed E-state index contributed by atoms with van der Waals surface area (Å²) in [5.74, 6) is 0. The molecule has 0 aliphatic carbocycles. The molecule has 1 heterocycles. The Morgan fingerprint density at radius 2 is 1.81 bits per heavy atom. The second-order valence-electron chi connectivity index (χ2n) is 4.69. The Bertz CT molecular complexity index is 302. The summed E-state index contributed by atoms with van der Waals surface area (Å²) in [6.07, 6.45) is 0. The van der Waals surface area contributed by atoms with E-state index < -0.39 is 0 Å². The first-order valence-electron chi connectivity index (χ1n) is 6.02. The van der Waals surface area contributed by atoms with Gasteiger partial charge in [0, 0.05) is 31.7 Å². The Balaban J connectivity index is 1.81. The van der Waals surface area contributed by atoms with Crippen LogP contribution in [0.2, 0.25) is 0 Å². The Hall–Kier alpha value is -0.900. The third-order valence-corrected chi connectivity index (χ3v) is 2.91. The Labute approximate surface area is 97.8 Å². The number of nitrogens with one attached hydrogen (secondary N) is 2. The topological polar surface area (TPSA) is 27.3 Å². The summed E-state index contributed by atoms with van der Waals surface area (Å²) in [4.78, 5) is 0. The van der Waals surface area contributed by atoms with Crippen LogP contribution in [0.25, 0.3) is 0 Å². The minimum Gasteiger partial charge on any atom is -0.309 e. The lowest BCUT2D eigenvalue weighted by atomic mass is 10.2. The van der Waals surface area contributed by atoms with Crippen LogP contribution in [0.3, 0.4) is 0 Å². The van der Waals surface area contributed by atoms with Gasteiger partial charge in [0.1, 0.15) is 0 Å². The molecule has 2 rings (SSSR count). The predicted molar refractivity (Wildman–Crippen MR) is 66.9 cm³/mol. The van der Waals surface area contributed by atoms with Crippen LogP contribution in [0.5, 0.6) is 0 Å². The fourth-order valence-corrected chi connectivity index (χ4v) is 2.25. The lowest BCUT2D eigenvalue weighted by Gasteiger charge is -2.36. The van der Waals surface area contributed by atoms with E-state index >= 15 is 0 Å². The van der Waals surface area contributed by atoms with Gasteiger partial charge in [-0.1, -0.05) is 30.3 Å². The molecule has 0 amide bonds. The maximum absolute atomic E-state index is 3.53. The second-order valence-corrected chi connectivity index (χ2v) is 4.69. The number of nitrogens with zero attached hydrogens (tertiary/aromatic N) is 1. The quantitative estimate of drug-likeness (QED) is 0.804. The molecule has 16 heavy (non-hydrogen) atoms. The molecule has 1 aromatic carbocycles. The van der Waals surface area contributed by atoms with Crippen molar-refractivity contribution in [2.45, 2.75) is 32.5 Å². The van der Waals surface area contributed by atoms with Crippen LogP contribution in [0, 0.1) is 0 Å². The summed E-state index contributed by atoms with van der Waals surface area (Å²) in [5, 5.41) is 5.84. The molecule has 0 saturated carbocycles. The minimum absolute atomic E-state index is 0.562. The molecule has 2 unspecified atom stereocenters. The summed E-state index contributed by atoms with van der Waals surface area (Å²) in [7, 11) is 0. The highest BCUT2D eigenvalue weighted by molar-refractivity contribution is 5.14. The number of piperazine rings is 1. The molecule has 1 fully saturated rings. The van der Waals surface area contributed by atoms with E-state index in [1.165, 1.54) is 5.56 Å². The molecule has 1 aromatic rings. The number of hydrogen-bond donors (Lipinski definition) is 2. The van der Waals surface area contributed by atoms with Crippen LogP contribution in [0.15, 0.2) is 30.3 Å². The summed E-state index contributed by atoms with van der Waals surface area (Å²) >= 11 is 0. The maximum Gasteiger partial charge on any atom is 0.0353 e. The summed E-state index contributed by atoms with van der Waals surface area (Å²) < 4.78 is 0. The fraction of sp³-hybridized carbons (Fsp3) is 0.538. The van der Waals surface area contributed by atoms with Gasteiger partial charge in [0.05, 0.1) is 0 Å². The molecule has 1 aliphatic heterocycles. The van der Waals surface area contributed by atoms with Crippen molar-refractivity contribution in [3.63, 3.8) is 0 Å². The van der Waals surface area contributed by atoms with Crippen molar-refractivity contribution in [3.05, 3.63) is 35.9 Å². The molecule has 1 saturated heterocycles. The van der Waals surface area contributed by atoms with E-state index in [1.807, 2.05) is 0 Å². The molecule has 1 aliphatic rings. The molecule has 0 spiro atoms. The van der Waals surface area contributed by atoms with Crippen molar-refractivity contribution in [2.24, 2.45) is 0 Å². The molecule has 3 nitrogen and oxygen atoms in total. The second kappa shape index (κ2) is 5.43.